The van der Waals surface area contributed by atoms with Crippen LogP contribution in [0.15, 0.2) is 24.3 Å². The number of rotatable bonds is 5. The first-order valence-electron chi connectivity index (χ1n) is 4.93. The van der Waals surface area contributed by atoms with Crippen molar-refractivity contribution in [2.24, 2.45) is 0 Å². The molecule has 1 aromatic rings. The quantitative estimate of drug-likeness (QED) is 0.734. The molecule has 0 N–H and O–H groups in total. The lowest BCUT2D eigenvalue weighted by Gasteiger charge is -2.13. The lowest BCUT2D eigenvalue weighted by Crippen LogP contribution is -2.28. The second-order valence-corrected chi connectivity index (χ2v) is 5.60. The molecule has 0 spiro atoms. The molecule has 6 heteroatoms. The van der Waals surface area contributed by atoms with E-state index in [0.717, 1.165) is 4.31 Å². The molecule has 0 aliphatic heterocycles. The summed E-state index contributed by atoms with van der Waals surface area (Å²) in [6.07, 6.45) is 0. The maximum absolute atomic E-state index is 11.8. The molecule has 0 amide bonds. The molecule has 0 saturated carbocycles. The van der Waals surface area contributed by atoms with E-state index in [1.54, 1.807) is 30.3 Å². The fraction of sp³-hybridized carbons (Fsp3) is 0.364. The monoisotopic (exact) mass is 254 g/mol. The molecule has 0 unspecified atom stereocenters. The molecule has 0 fully saturated rings. The molecule has 1 rings (SSSR count). The zero-order valence-electron chi connectivity index (χ0n) is 9.75. The van der Waals surface area contributed by atoms with Gasteiger partial charge in [0, 0.05) is 7.05 Å². The molecule has 1 aromatic carbocycles. The van der Waals surface area contributed by atoms with E-state index in [1.807, 2.05) is 0 Å². The summed E-state index contributed by atoms with van der Waals surface area (Å²) in [6, 6.07) is 8.65. The lowest BCUT2D eigenvalue weighted by molar-refractivity contribution is 0.414. The van der Waals surface area contributed by atoms with Gasteiger partial charge in [-0.15, -0.1) is 0 Å². The highest BCUT2D eigenvalue weighted by Crippen LogP contribution is 2.16. The fourth-order valence-corrected chi connectivity index (χ4v) is 2.36. The van der Waals surface area contributed by atoms with Gasteiger partial charge in [-0.1, -0.05) is 12.1 Å². The van der Waals surface area contributed by atoms with Gasteiger partial charge in [-0.3, -0.25) is 0 Å². The molecule has 0 heterocycles. The normalized spacial score (nSPS) is 11.2. The minimum absolute atomic E-state index is 0.137. The van der Waals surface area contributed by atoms with Crippen LogP contribution in [-0.4, -0.2) is 33.4 Å². The summed E-state index contributed by atoms with van der Waals surface area (Å²) in [5.41, 5.74) is 0.633. The second kappa shape index (κ2) is 5.66. The van der Waals surface area contributed by atoms with Gasteiger partial charge in [-0.05, 0) is 17.7 Å². The van der Waals surface area contributed by atoms with Gasteiger partial charge in [-0.2, -0.15) is 9.57 Å². The molecule has 0 radical (unpaired) electrons. The number of hydrogen-bond acceptors (Lipinski definition) is 4. The van der Waals surface area contributed by atoms with Crippen molar-refractivity contribution >= 4 is 10.0 Å². The van der Waals surface area contributed by atoms with Gasteiger partial charge < -0.3 is 4.74 Å². The maximum atomic E-state index is 11.8. The number of hydrogen-bond donors (Lipinski definition) is 0. The minimum atomic E-state index is -3.45. The fourth-order valence-electron chi connectivity index (χ4n) is 1.28. The highest BCUT2D eigenvalue weighted by Gasteiger charge is 2.18. The first-order valence-corrected chi connectivity index (χ1v) is 6.54. The van der Waals surface area contributed by atoms with E-state index in [0.29, 0.717) is 11.3 Å². The van der Waals surface area contributed by atoms with Gasteiger partial charge >= 0.3 is 0 Å². The van der Waals surface area contributed by atoms with E-state index >= 15 is 0 Å². The van der Waals surface area contributed by atoms with E-state index in [-0.39, 0.29) is 12.3 Å². The molecule has 17 heavy (non-hydrogen) atoms. The SMILES string of the molecule is COc1cccc(CS(=O)(=O)N(C)CC#N)c1. The Morgan fingerprint density at radius 2 is 2.18 bits per heavy atom. The first kappa shape index (κ1) is 13.5. The van der Waals surface area contributed by atoms with Crippen LogP contribution in [0.3, 0.4) is 0 Å². The van der Waals surface area contributed by atoms with E-state index in [4.69, 9.17) is 10.00 Å². The van der Waals surface area contributed by atoms with Crippen molar-refractivity contribution in [1.29, 1.82) is 5.26 Å². The average Bonchev–Trinajstić information content (AvgIpc) is 2.29. The Morgan fingerprint density at radius 1 is 1.47 bits per heavy atom. The highest BCUT2D eigenvalue weighted by atomic mass is 32.2. The van der Waals surface area contributed by atoms with Gasteiger partial charge in [0.15, 0.2) is 0 Å². The number of methoxy groups -OCH3 is 1. The largest absolute Gasteiger partial charge is 0.497 e. The zero-order valence-corrected chi connectivity index (χ0v) is 10.6. The number of benzene rings is 1. The molecule has 0 saturated heterocycles. The zero-order chi connectivity index (χ0) is 12.9. The van der Waals surface area contributed by atoms with Crippen molar-refractivity contribution in [2.75, 3.05) is 20.7 Å². The summed E-state index contributed by atoms with van der Waals surface area (Å²) < 4.78 is 29.7. The Kier molecular flexibility index (Phi) is 4.49. The number of ether oxygens (including phenoxy) is 1. The predicted octanol–water partition coefficient (Wildman–Crippen LogP) is 0.980. The third-order valence-corrected chi connectivity index (χ3v) is 4.03. The maximum Gasteiger partial charge on any atom is 0.218 e. The molecule has 0 bridgehead atoms. The van der Waals surface area contributed by atoms with Crippen LogP contribution < -0.4 is 4.74 Å². The van der Waals surface area contributed by atoms with Crippen LogP contribution in [0.1, 0.15) is 5.56 Å². The van der Waals surface area contributed by atoms with Crippen LogP contribution in [-0.2, 0) is 15.8 Å². The van der Waals surface area contributed by atoms with Crippen LogP contribution in [0.5, 0.6) is 5.75 Å². The Morgan fingerprint density at radius 3 is 2.76 bits per heavy atom. The summed E-state index contributed by atoms with van der Waals surface area (Å²) in [5.74, 6) is 0.475. The van der Waals surface area contributed by atoms with Crippen LogP contribution in [0.2, 0.25) is 0 Å². The smallest absolute Gasteiger partial charge is 0.218 e. The summed E-state index contributed by atoms with van der Waals surface area (Å²) in [6.45, 7) is -0.147. The Labute approximate surface area is 101 Å². The Balaban J connectivity index is 2.87. The van der Waals surface area contributed by atoms with Gasteiger partial charge in [0.2, 0.25) is 10.0 Å². The Hall–Kier alpha value is -1.58. The standard InChI is InChI=1S/C11H14N2O3S/c1-13(7-6-12)17(14,15)9-10-4-3-5-11(8-10)16-2/h3-5,8H,7,9H2,1-2H3. The minimum Gasteiger partial charge on any atom is -0.497 e. The second-order valence-electron chi connectivity index (χ2n) is 3.52. The van der Waals surface area contributed by atoms with Gasteiger partial charge in [0.05, 0.1) is 18.9 Å². The van der Waals surface area contributed by atoms with Crippen molar-refractivity contribution in [1.82, 2.24) is 4.31 Å². The van der Waals surface area contributed by atoms with Crippen LogP contribution in [0.4, 0.5) is 0 Å². The topological polar surface area (TPSA) is 70.4 Å². The molecule has 0 atom stereocenters. The van der Waals surface area contributed by atoms with Crippen LogP contribution in [0, 0.1) is 11.3 Å². The van der Waals surface area contributed by atoms with Crippen molar-refractivity contribution in [3.8, 4) is 11.8 Å². The summed E-state index contributed by atoms with van der Waals surface area (Å²) >= 11 is 0. The molecular formula is C11H14N2O3S. The van der Waals surface area contributed by atoms with Gasteiger partial charge in [0.25, 0.3) is 0 Å². The molecule has 0 aliphatic carbocycles. The van der Waals surface area contributed by atoms with E-state index < -0.39 is 10.0 Å². The molecule has 92 valence electrons. The molecule has 0 aromatic heterocycles. The summed E-state index contributed by atoms with van der Waals surface area (Å²) in [5, 5.41) is 8.47. The van der Waals surface area contributed by atoms with E-state index in [1.165, 1.54) is 14.2 Å². The van der Waals surface area contributed by atoms with Gasteiger partial charge in [0.1, 0.15) is 12.3 Å². The average molecular weight is 254 g/mol. The molecule has 5 nitrogen and oxygen atoms in total. The van der Waals surface area contributed by atoms with Crippen LogP contribution >= 0.6 is 0 Å². The third-order valence-electron chi connectivity index (χ3n) is 2.25. The molecular weight excluding hydrogens is 240 g/mol. The first-order chi connectivity index (χ1) is 7.99. The summed E-state index contributed by atoms with van der Waals surface area (Å²) in [7, 11) is -0.534. The number of sulfonamides is 1. The Bertz CT molecular complexity index is 520. The highest BCUT2D eigenvalue weighted by molar-refractivity contribution is 7.88. The van der Waals surface area contributed by atoms with Crippen LogP contribution in [0.25, 0.3) is 0 Å². The number of nitriles is 1. The van der Waals surface area contributed by atoms with Crippen molar-refractivity contribution in [3.63, 3.8) is 0 Å². The molecule has 0 aliphatic rings. The van der Waals surface area contributed by atoms with E-state index in [9.17, 15) is 8.42 Å². The van der Waals surface area contributed by atoms with E-state index in [2.05, 4.69) is 0 Å². The van der Waals surface area contributed by atoms with Crippen molar-refractivity contribution in [3.05, 3.63) is 29.8 Å². The van der Waals surface area contributed by atoms with Crippen molar-refractivity contribution in [2.45, 2.75) is 5.75 Å². The van der Waals surface area contributed by atoms with Crippen molar-refractivity contribution < 1.29 is 13.2 Å². The lowest BCUT2D eigenvalue weighted by atomic mass is 10.2. The predicted molar refractivity (Wildman–Crippen MR) is 63.9 cm³/mol. The third kappa shape index (κ3) is 3.73. The summed E-state index contributed by atoms with van der Waals surface area (Å²) in [4.78, 5) is 0. The van der Waals surface area contributed by atoms with Gasteiger partial charge in [-0.25, -0.2) is 8.42 Å². The number of nitrogens with zero attached hydrogens (tertiary/aromatic N) is 2.